The van der Waals surface area contributed by atoms with Gasteiger partial charge in [-0.3, -0.25) is 0 Å². The maximum Gasteiger partial charge on any atom is 0.240 e. The summed E-state index contributed by atoms with van der Waals surface area (Å²) in [6.07, 6.45) is 0. The van der Waals surface area contributed by atoms with Gasteiger partial charge in [0.25, 0.3) is 0 Å². The highest BCUT2D eigenvalue weighted by Crippen LogP contribution is 2.35. The van der Waals surface area contributed by atoms with Crippen LogP contribution in [0.1, 0.15) is 16.9 Å². The molecule has 6 nitrogen and oxygen atoms in total. The third-order valence-electron chi connectivity index (χ3n) is 4.02. The lowest BCUT2D eigenvalue weighted by atomic mass is 9.97. The standard InChI is InChI=1S/C18H14FN3O3S/c1-10-3-4-13(7-14(10)9-20)18-17(11(2)25-22-18)12-5-6-16(15(19)8-12)26(21,23)24/h3-8H,1-2H3,(H2,21,23,24). The normalized spacial score (nSPS) is 11.3. The number of benzene rings is 2. The van der Waals surface area contributed by atoms with Gasteiger partial charge in [0.05, 0.1) is 17.2 Å². The summed E-state index contributed by atoms with van der Waals surface area (Å²) in [4.78, 5) is -0.584. The number of sulfonamides is 1. The van der Waals surface area contributed by atoms with Gasteiger partial charge < -0.3 is 4.52 Å². The number of nitrogens with two attached hydrogens (primary N) is 1. The van der Waals surface area contributed by atoms with E-state index in [0.29, 0.717) is 33.7 Å². The molecule has 0 unspecified atom stereocenters. The zero-order valence-corrected chi connectivity index (χ0v) is 14.8. The number of nitriles is 1. The van der Waals surface area contributed by atoms with E-state index in [1.165, 1.54) is 6.07 Å². The maximum atomic E-state index is 14.2. The van der Waals surface area contributed by atoms with Crippen molar-refractivity contribution in [1.29, 1.82) is 5.26 Å². The Morgan fingerprint density at radius 3 is 2.46 bits per heavy atom. The van der Waals surface area contributed by atoms with Crippen molar-refractivity contribution in [1.82, 2.24) is 5.16 Å². The van der Waals surface area contributed by atoms with Crippen LogP contribution in [-0.2, 0) is 10.0 Å². The molecule has 0 aliphatic heterocycles. The molecule has 0 fully saturated rings. The van der Waals surface area contributed by atoms with Crippen molar-refractivity contribution in [3.63, 3.8) is 0 Å². The van der Waals surface area contributed by atoms with Gasteiger partial charge in [0.2, 0.25) is 10.0 Å². The molecule has 3 aromatic rings. The second-order valence-electron chi connectivity index (χ2n) is 5.79. The molecular formula is C18H14FN3O3S. The van der Waals surface area contributed by atoms with Crippen molar-refractivity contribution < 1.29 is 17.3 Å². The minimum Gasteiger partial charge on any atom is -0.360 e. The van der Waals surface area contributed by atoms with Gasteiger partial charge >= 0.3 is 0 Å². The third-order valence-corrected chi connectivity index (χ3v) is 4.97. The largest absolute Gasteiger partial charge is 0.360 e. The summed E-state index contributed by atoms with van der Waals surface area (Å²) in [5, 5.41) is 18.2. The lowest BCUT2D eigenvalue weighted by molar-refractivity contribution is 0.400. The van der Waals surface area contributed by atoms with Gasteiger partial charge in [-0.2, -0.15) is 5.26 Å². The van der Waals surface area contributed by atoms with Gasteiger partial charge in [-0.1, -0.05) is 23.4 Å². The van der Waals surface area contributed by atoms with Crippen molar-refractivity contribution in [2.24, 2.45) is 5.14 Å². The van der Waals surface area contributed by atoms with Crippen molar-refractivity contribution in [3.8, 4) is 28.5 Å². The highest BCUT2D eigenvalue weighted by Gasteiger charge is 2.21. The molecule has 0 bridgehead atoms. The first-order valence-electron chi connectivity index (χ1n) is 7.52. The second kappa shape index (κ2) is 6.37. The Labute approximate surface area is 149 Å². The van der Waals surface area contributed by atoms with E-state index in [1.807, 2.05) is 6.92 Å². The number of aryl methyl sites for hydroxylation is 2. The first-order chi connectivity index (χ1) is 12.2. The van der Waals surface area contributed by atoms with E-state index in [1.54, 1.807) is 25.1 Å². The molecule has 2 N–H and O–H groups in total. The average molecular weight is 371 g/mol. The van der Waals surface area contributed by atoms with E-state index >= 15 is 0 Å². The number of primary sulfonamides is 1. The van der Waals surface area contributed by atoms with Crippen molar-refractivity contribution >= 4 is 10.0 Å². The van der Waals surface area contributed by atoms with Crippen LogP contribution in [0.3, 0.4) is 0 Å². The molecule has 132 valence electrons. The van der Waals surface area contributed by atoms with E-state index in [2.05, 4.69) is 11.2 Å². The van der Waals surface area contributed by atoms with E-state index in [9.17, 15) is 18.1 Å². The van der Waals surface area contributed by atoms with Crippen LogP contribution >= 0.6 is 0 Å². The number of nitrogens with zero attached hydrogens (tertiary/aromatic N) is 2. The van der Waals surface area contributed by atoms with Crippen LogP contribution in [0.15, 0.2) is 45.8 Å². The Kier molecular flexibility index (Phi) is 4.36. The number of rotatable bonds is 3. The van der Waals surface area contributed by atoms with Crippen LogP contribution in [0, 0.1) is 31.0 Å². The molecule has 1 heterocycles. The molecule has 26 heavy (non-hydrogen) atoms. The number of aromatic nitrogens is 1. The molecule has 0 radical (unpaired) electrons. The van der Waals surface area contributed by atoms with E-state index in [0.717, 1.165) is 17.7 Å². The molecule has 0 atom stereocenters. The molecule has 2 aromatic carbocycles. The van der Waals surface area contributed by atoms with Gasteiger partial charge in [-0.05, 0) is 43.2 Å². The second-order valence-corrected chi connectivity index (χ2v) is 7.32. The van der Waals surface area contributed by atoms with Crippen LogP contribution in [-0.4, -0.2) is 13.6 Å². The Hall–Kier alpha value is -3.02. The third kappa shape index (κ3) is 3.10. The zero-order chi connectivity index (χ0) is 19.1. The van der Waals surface area contributed by atoms with Gasteiger partial charge in [-0.25, -0.2) is 17.9 Å². The molecule has 0 saturated carbocycles. The molecule has 0 aliphatic carbocycles. The SMILES string of the molecule is Cc1ccc(-c2noc(C)c2-c2ccc(S(N)(=O)=O)c(F)c2)cc1C#N. The molecule has 0 spiro atoms. The first-order valence-corrected chi connectivity index (χ1v) is 9.07. The highest BCUT2D eigenvalue weighted by molar-refractivity contribution is 7.89. The first kappa shape index (κ1) is 17.8. The topological polar surface area (TPSA) is 110 Å². The number of halogens is 1. The summed E-state index contributed by atoms with van der Waals surface area (Å²) in [5.41, 5.74) is 3.28. The molecule has 0 aliphatic rings. The fourth-order valence-corrected chi connectivity index (χ4v) is 3.27. The summed E-state index contributed by atoms with van der Waals surface area (Å²) in [6, 6.07) is 11.0. The van der Waals surface area contributed by atoms with Crippen LogP contribution in [0.2, 0.25) is 0 Å². The van der Waals surface area contributed by atoms with E-state index < -0.39 is 20.7 Å². The highest BCUT2D eigenvalue weighted by atomic mass is 32.2. The van der Waals surface area contributed by atoms with Crippen molar-refractivity contribution in [3.05, 3.63) is 59.1 Å². The van der Waals surface area contributed by atoms with Crippen LogP contribution in [0.4, 0.5) is 4.39 Å². The predicted octanol–water partition coefficient (Wildman–Crippen LogP) is 3.28. The average Bonchev–Trinajstić information content (AvgIpc) is 2.95. The Balaban J connectivity index is 2.19. The smallest absolute Gasteiger partial charge is 0.240 e. The van der Waals surface area contributed by atoms with Crippen LogP contribution in [0.25, 0.3) is 22.4 Å². The minimum absolute atomic E-state index is 0.391. The summed E-state index contributed by atoms with van der Waals surface area (Å²) in [6.45, 7) is 3.48. The Bertz CT molecular complexity index is 1160. The predicted molar refractivity (Wildman–Crippen MR) is 92.9 cm³/mol. The molecule has 0 amide bonds. The number of hydrogen-bond acceptors (Lipinski definition) is 5. The maximum absolute atomic E-state index is 14.2. The molecule has 0 saturated heterocycles. The Morgan fingerprint density at radius 1 is 1.15 bits per heavy atom. The summed E-state index contributed by atoms with van der Waals surface area (Å²) < 4.78 is 42.2. The molecular weight excluding hydrogens is 357 g/mol. The molecule has 8 heteroatoms. The van der Waals surface area contributed by atoms with Crippen molar-refractivity contribution in [2.75, 3.05) is 0 Å². The summed E-state index contributed by atoms with van der Waals surface area (Å²) in [5.74, 6) is -0.528. The van der Waals surface area contributed by atoms with Gasteiger partial charge in [0.1, 0.15) is 22.2 Å². The Morgan fingerprint density at radius 2 is 1.85 bits per heavy atom. The van der Waals surface area contributed by atoms with Gasteiger partial charge in [0, 0.05) is 5.56 Å². The van der Waals surface area contributed by atoms with E-state index in [4.69, 9.17) is 9.66 Å². The van der Waals surface area contributed by atoms with Gasteiger partial charge in [-0.15, -0.1) is 0 Å². The van der Waals surface area contributed by atoms with Crippen molar-refractivity contribution in [2.45, 2.75) is 18.7 Å². The molecule has 3 rings (SSSR count). The zero-order valence-electron chi connectivity index (χ0n) is 13.9. The number of hydrogen-bond donors (Lipinski definition) is 1. The van der Waals surface area contributed by atoms with E-state index in [-0.39, 0.29) is 0 Å². The quantitative estimate of drug-likeness (QED) is 0.760. The summed E-state index contributed by atoms with van der Waals surface area (Å²) in [7, 11) is -4.16. The fourth-order valence-electron chi connectivity index (χ4n) is 2.69. The fraction of sp³-hybridized carbons (Fsp3) is 0.111. The lowest BCUT2D eigenvalue weighted by Crippen LogP contribution is -2.13. The van der Waals surface area contributed by atoms with Gasteiger partial charge in [0.15, 0.2) is 0 Å². The monoisotopic (exact) mass is 371 g/mol. The van der Waals surface area contributed by atoms with Crippen LogP contribution in [0.5, 0.6) is 0 Å². The molecule has 1 aromatic heterocycles. The minimum atomic E-state index is -4.16. The summed E-state index contributed by atoms with van der Waals surface area (Å²) >= 11 is 0. The van der Waals surface area contributed by atoms with Crippen LogP contribution < -0.4 is 5.14 Å². The lowest BCUT2D eigenvalue weighted by Gasteiger charge is -2.07.